The third kappa shape index (κ3) is 3.14. The fourth-order valence-corrected chi connectivity index (χ4v) is 3.77. The lowest BCUT2D eigenvalue weighted by Gasteiger charge is -2.26. The summed E-state index contributed by atoms with van der Waals surface area (Å²) in [6, 6.07) is 10.7. The van der Waals surface area contributed by atoms with Crippen molar-refractivity contribution in [2.24, 2.45) is 15.8 Å². The van der Waals surface area contributed by atoms with E-state index in [1.807, 2.05) is 6.21 Å². The highest BCUT2D eigenvalue weighted by Crippen LogP contribution is 2.66. The first-order valence-corrected chi connectivity index (χ1v) is 9.22. The van der Waals surface area contributed by atoms with Crippen molar-refractivity contribution in [1.29, 1.82) is 0 Å². The lowest BCUT2D eigenvalue weighted by Crippen LogP contribution is -2.19. The Balaban J connectivity index is 2.04. The predicted molar refractivity (Wildman–Crippen MR) is 107 cm³/mol. The molecule has 0 heterocycles. The zero-order valence-electron chi connectivity index (χ0n) is 16.2. The van der Waals surface area contributed by atoms with E-state index in [9.17, 15) is 0 Å². The van der Waals surface area contributed by atoms with Crippen LogP contribution in [0.25, 0.3) is 0 Å². The molecule has 0 saturated heterocycles. The Morgan fingerprint density at radius 3 is 2.29 bits per heavy atom. The minimum atomic E-state index is -0.0692. The van der Waals surface area contributed by atoms with Crippen LogP contribution in [0.15, 0.2) is 59.6 Å². The summed E-state index contributed by atoms with van der Waals surface area (Å²) < 4.78 is 0. The summed E-state index contributed by atoms with van der Waals surface area (Å²) in [4.78, 5) is 4.99. The number of aliphatic imine (C=N–C) groups is 1. The van der Waals surface area contributed by atoms with Crippen molar-refractivity contribution in [3.63, 3.8) is 0 Å². The summed E-state index contributed by atoms with van der Waals surface area (Å²) in [6.07, 6.45) is 6.29. The minimum Gasteiger partial charge on any atom is -0.281 e. The van der Waals surface area contributed by atoms with Crippen molar-refractivity contribution in [2.45, 2.75) is 65.8 Å². The quantitative estimate of drug-likeness (QED) is 0.387. The molecule has 0 N–H and O–H groups in total. The molecule has 0 amide bonds. The van der Waals surface area contributed by atoms with Crippen molar-refractivity contribution in [2.75, 3.05) is 0 Å². The summed E-state index contributed by atoms with van der Waals surface area (Å²) in [5, 5.41) is 0. The zero-order valence-corrected chi connectivity index (χ0v) is 16.2. The molecule has 1 aliphatic rings. The van der Waals surface area contributed by atoms with E-state index in [1.165, 1.54) is 11.1 Å². The maximum absolute atomic E-state index is 4.99. The highest BCUT2D eigenvalue weighted by atomic mass is 15.0. The molecular weight excluding hydrogens is 290 g/mol. The third-order valence-corrected chi connectivity index (χ3v) is 6.43. The summed E-state index contributed by atoms with van der Waals surface area (Å²) in [6.45, 7) is 19.9. The van der Waals surface area contributed by atoms with Crippen LogP contribution >= 0.6 is 0 Å². The predicted octanol–water partition coefficient (Wildman–Crippen LogP) is 6.41. The van der Waals surface area contributed by atoms with Gasteiger partial charge in [-0.15, -0.1) is 0 Å². The van der Waals surface area contributed by atoms with Crippen LogP contribution in [0.4, 0.5) is 0 Å². The molecule has 0 spiro atoms. The second-order valence-corrected chi connectivity index (χ2v) is 8.03. The van der Waals surface area contributed by atoms with Gasteiger partial charge in [-0.1, -0.05) is 78.1 Å². The van der Waals surface area contributed by atoms with Crippen molar-refractivity contribution in [3.05, 3.63) is 60.2 Å². The highest BCUT2D eigenvalue weighted by Gasteiger charge is 2.66. The van der Waals surface area contributed by atoms with Crippen molar-refractivity contribution < 1.29 is 0 Å². The first-order chi connectivity index (χ1) is 11.2. The van der Waals surface area contributed by atoms with Gasteiger partial charge in [-0.3, -0.25) is 4.99 Å². The van der Waals surface area contributed by atoms with Crippen molar-refractivity contribution >= 4 is 6.21 Å². The number of benzene rings is 1. The molecule has 0 aromatic heterocycles. The van der Waals surface area contributed by atoms with E-state index in [0.717, 1.165) is 31.3 Å². The van der Waals surface area contributed by atoms with Gasteiger partial charge in [-0.2, -0.15) is 0 Å². The maximum atomic E-state index is 4.99. The summed E-state index contributed by atoms with van der Waals surface area (Å²) >= 11 is 0. The van der Waals surface area contributed by atoms with Crippen molar-refractivity contribution in [1.82, 2.24) is 0 Å². The summed E-state index contributed by atoms with van der Waals surface area (Å²) in [5.41, 5.74) is 3.92. The topological polar surface area (TPSA) is 12.4 Å². The Morgan fingerprint density at radius 1 is 1.17 bits per heavy atom. The van der Waals surface area contributed by atoms with Gasteiger partial charge in [0, 0.05) is 11.6 Å². The van der Waals surface area contributed by atoms with E-state index in [0.29, 0.717) is 0 Å². The normalized spacial score (nSPS) is 26.8. The van der Waals surface area contributed by atoms with Crippen LogP contribution < -0.4 is 0 Å². The zero-order chi connectivity index (χ0) is 18.0. The van der Waals surface area contributed by atoms with Gasteiger partial charge in [0.2, 0.25) is 0 Å². The summed E-state index contributed by atoms with van der Waals surface area (Å²) in [5.74, 6) is 0. The Morgan fingerprint density at radius 2 is 1.79 bits per heavy atom. The molecule has 0 aliphatic heterocycles. The van der Waals surface area contributed by atoms with Crippen molar-refractivity contribution in [3.8, 4) is 0 Å². The number of nitrogens with zero attached hydrogens (tertiary/aromatic N) is 1. The molecule has 2 unspecified atom stereocenters. The fraction of sp³-hybridized carbons (Fsp3) is 0.522. The van der Waals surface area contributed by atoms with Gasteiger partial charge in [0.25, 0.3) is 0 Å². The molecule has 1 aliphatic carbocycles. The molecule has 1 aromatic rings. The molecule has 0 bridgehead atoms. The van der Waals surface area contributed by atoms with Crippen LogP contribution in [0.1, 0.15) is 59.4 Å². The monoisotopic (exact) mass is 323 g/mol. The Bertz CT molecular complexity index is 637. The highest BCUT2D eigenvalue weighted by molar-refractivity contribution is 5.81. The maximum Gasteiger partial charge on any atom is 0.0908 e. The number of hydrogen-bond donors (Lipinski definition) is 0. The van der Waals surface area contributed by atoms with Crippen LogP contribution in [-0.2, 0) is 6.42 Å². The van der Waals surface area contributed by atoms with E-state index in [-0.39, 0.29) is 16.4 Å². The standard InChI is InChI=1S/C23H33N/c1-8-22(7)19(4)23(22,9-2)24-17-18(3)21(5,6)16-15-20-13-11-10-12-14-20/h10-14,17H,3-4,8-9,15-16H2,1-2,5-7H3. The van der Waals surface area contributed by atoms with Gasteiger partial charge in [-0.05, 0) is 47.8 Å². The molecule has 1 nitrogen and oxygen atoms in total. The van der Waals surface area contributed by atoms with Crippen LogP contribution in [-0.4, -0.2) is 11.8 Å². The largest absolute Gasteiger partial charge is 0.281 e. The molecule has 1 aromatic carbocycles. The average molecular weight is 324 g/mol. The van der Waals surface area contributed by atoms with E-state index >= 15 is 0 Å². The second-order valence-electron chi connectivity index (χ2n) is 8.03. The number of rotatable bonds is 8. The number of hydrogen-bond acceptors (Lipinski definition) is 1. The van der Waals surface area contributed by atoms with Gasteiger partial charge in [0.15, 0.2) is 0 Å². The molecule has 1 saturated carbocycles. The average Bonchev–Trinajstić information content (AvgIpc) is 3.07. The van der Waals surface area contributed by atoms with E-state index in [2.05, 4.69) is 78.1 Å². The molecule has 2 rings (SSSR count). The van der Waals surface area contributed by atoms with Crippen LogP contribution in [0.5, 0.6) is 0 Å². The van der Waals surface area contributed by atoms with Gasteiger partial charge in [-0.25, -0.2) is 0 Å². The molecule has 24 heavy (non-hydrogen) atoms. The van der Waals surface area contributed by atoms with E-state index in [1.54, 1.807) is 0 Å². The van der Waals surface area contributed by atoms with E-state index in [4.69, 9.17) is 4.99 Å². The molecule has 2 atom stereocenters. The van der Waals surface area contributed by atoms with E-state index < -0.39 is 0 Å². The smallest absolute Gasteiger partial charge is 0.0908 e. The second kappa shape index (κ2) is 6.70. The molecule has 1 fully saturated rings. The van der Waals surface area contributed by atoms with Gasteiger partial charge in [0.1, 0.15) is 0 Å². The number of allylic oxidation sites excluding steroid dienone is 1. The number of aryl methyl sites for hydroxylation is 1. The Kier molecular flexibility index (Phi) is 5.22. The lowest BCUT2D eigenvalue weighted by molar-refractivity contribution is 0.419. The van der Waals surface area contributed by atoms with Crippen LogP contribution in [0.2, 0.25) is 0 Å². The van der Waals surface area contributed by atoms with Gasteiger partial charge >= 0.3 is 0 Å². The van der Waals surface area contributed by atoms with Crippen LogP contribution in [0, 0.1) is 10.8 Å². The van der Waals surface area contributed by atoms with Gasteiger partial charge in [0.05, 0.1) is 5.54 Å². The molecule has 1 heteroatoms. The van der Waals surface area contributed by atoms with Gasteiger partial charge < -0.3 is 0 Å². The Labute approximate surface area is 148 Å². The van der Waals surface area contributed by atoms with Crippen LogP contribution in [0.3, 0.4) is 0 Å². The molecular formula is C23H33N. The molecule has 130 valence electrons. The Hall–Kier alpha value is -1.63. The lowest BCUT2D eigenvalue weighted by atomic mass is 9.80. The summed E-state index contributed by atoms with van der Waals surface area (Å²) in [7, 11) is 0. The molecule has 0 radical (unpaired) electrons. The minimum absolute atomic E-state index is 0.0487. The fourth-order valence-electron chi connectivity index (χ4n) is 3.77. The first-order valence-electron chi connectivity index (χ1n) is 9.22. The SMILES string of the molecule is C=C(C=NC1(CC)C(=C)C1(C)CC)C(C)(C)CCc1ccccc1. The first kappa shape index (κ1) is 18.7. The third-order valence-electron chi connectivity index (χ3n) is 6.43.